The highest BCUT2D eigenvalue weighted by molar-refractivity contribution is 5.86. The van der Waals surface area contributed by atoms with E-state index in [1.165, 1.54) is 0 Å². The Kier molecular flexibility index (Phi) is 5.24. The van der Waals surface area contributed by atoms with Crippen LogP contribution in [-0.2, 0) is 4.79 Å². The highest BCUT2D eigenvalue weighted by atomic mass is 19.4. The molecule has 8 heteroatoms. The maximum Gasteiger partial charge on any atom is 0.390 e. The number of aliphatic carboxylic acids is 1. The molecule has 1 aliphatic carbocycles. The molecule has 0 aromatic carbocycles. The predicted molar refractivity (Wildman–Crippen MR) is 65.2 cm³/mol. The van der Waals surface area contributed by atoms with Crippen LogP contribution in [0.3, 0.4) is 0 Å². The minimum Gasteiger partial charge on any atom is -0.480 e. The first-order valence-electron chi connectivity index (χ1n) is 6.51. The Labute approximate surface area is 114 Å². The zero-order valence-electron chi connectivity index (χ0n) is 11.2. The third-order valence-corrected chi connectivity index (χ3v) is 3.45. The van der Waals surface area contributed by atoms with E-state index in [4.69, 9.17) is 0 Å². The number of carboxylic acid groups (broad SMARTS) is 1. The van der Waals surface area contributed by atoms with E-state index >= 15 is 0 Å². The molecule has 0 spiro atoms. The van der Waals surface area contributed by atoms with Crippen molar-refractivity contribution < 1.29 is 27.9 Å². The monoisotopic (exact) mass is 296 g/mol. The van der Waals surface area contributed by atoms with E-state index in [0.717, 1.165) is 6.42 Å². The number of hydrogen-bond donors (Lipinski definition) is 3. The number of carbonyl (C=O) groups excluding carboxylic acids is 1. The number of amides is 2. The van der Waals surface area contributed by atoms with E-state index in [9.17, 15) is 27.9 Å². The Hall–Kier alpha value is -1.47. The topological polar surface area (TPSA) is 78.4 Å². The molecule has 2 amide bonds. The first kappa shape index (κ1) is 16.6. The van der Waals surface area contributed by atoms with Crippen molar-refractivity contribution in [3.05, 3.63) is 0 Å². The van der Waals surface area contributed by atoms with Crippen molar-refractivity contribution in [2.24, 2.45) is 5.92 Å². The molecule has 1 saturated carbocycles. The van der Waals surface area contributed by atoms with E-state index in [0.29, 0.717) is 12.8 Å². The predicted octanol–water partition coefficient (Wildman–Crippen LogP) is 2.27. The lowest BCUT2D eigenvalue weighted by molar-refractivity contribution is -0.146. The SMILES string of the molecule is CC1CCCC(NC(=O)NCCC(F)(F)F)(C(=O)O)C1. The van der Waals surface area contributed by atoms with Crippen molar-refractivity contribution in [1.29, 1.82) is 0 Å². The molecule has 0 heterocycles. The summed E-state index contributed by atoms with van der Waals surface area (Å²) in [5.74, 6) is -0.995. The highest BCUT2D eigenvalue weighted by Gasteiger charge is 2.43. The summed E-state index contributed by atoms with van der Waals surface area (Å²) in [5.41, 5.74) is -1.38. The lowest BCUT2D eigenvalue weighted by Gasteiger charge is -2.37. The molecule has 116 valence electrons. The fourth-order valence-corrected chi connectivity index (χ4v) is 2.49. The second-order valence-electron chi connectivity index (χ2n) is 5.33. The summed E-state index contributed by atoms with van der Waals surface area (Å²) < 4.78 is 35.9. The van der Waals surface area contributed by atoms with Gasteiger partial charge in [-0.05, 0) is 18.8 Å². The molecule has 1 aliphatic rings. The van der Waals surface area contributed by atoms with Crippen LogP contribution in [-0.4, -0.2) is 35.4 Å². The van der Waals surface area contributed by atoms with Crippen LogP contribution >= 0.6 is 0 Å². The van der Waals surface area contributed by atoms with Gasteiger partial charge in [0.25, 0.3) is 0 Å². The first-order chi connectivity index (χ1) is 9.15. The van der Waals surface area contributed by atoms with Crippen LogP contribution < -0.4 is 10.6 Å². The van der Waals surface area contributed by atoms with Crippen LogP contribution in [0.2, 0.25) is 0 Å². The van der Waals surface area contributed by atoms with Gasteiger partial charge in [0.2, 0.25) is 0 Å². The normalized spacial score (nSPS) is 26.9. The van der Waals surface area contributed by atoms with Gasteiger partial charge in [-0.1, -0.05) is 19.8 Å². The van der Waals surface area contributed by atoms with Gasteiger partial charge < -0.3 is 15.7 Å². The number of hydrogen-bond acceptors (Lipinski definition) is 2. The molecule has 0 aromatic heterocycles. The van der Waals surface area contributed by atoms with Gasteiger partial charge in [0, 0.05) is 6.54 Å². The molecule has 0 aromatic rings. The Morgan fingerprint density at radius 2 is 2.05 bits per heavy atom. The minimum atomic E-state index is -4.35. The summed E-state index contributed by atoms with van der Waals surface area (Å²) in [4.78, 5) is 22.9. The summed E-state index contributed by atoms with van der Waals surface area (Å²) >= 11 is 0. The summed E-state index contributed by atoms with van der Waals surface area (Å²) in [6.07, 6.45) is -3.37. The molecule has 3 N–H and O–H groups in total. The van der Waals surface area contributed by atoms with Crippen LogP contribution in [0.4, 0.5) is 18.0 Å². The Morgan fingerprint density at radius 3 is 2.55 bits per heavy atom. The van der Waals surface area contributed by atoms with Gasteiger partial charge in [-0.15, -0.1) is 0 Å². The number of urea groups is 1. The maximum absolute atomic E-state index is 12.0. The van der Waals surface area contributed by atoms with Crippen LogP contribution in [0, 0.1) is 5.92 Å². The number of rotatable bonds is 4. The van der Waals surface area contributed by atoms with Crippen molar-refractivity contribution in [2.75, 3.05) is 6.54 Å². The van der Waals surface area contributed by atoms with Gasteiger partial charge in [0.15, 0.2) is 0 Å². The van der Waals surface area contributed by atoms with Gasteiger partial charge in [-0.25, -0.2) is 9.59 Å². The molecule has 20 heavy (non-hydrogen) atoms. The average Bonchev–Trinajstić information content (AvgIpc) is 2.26. The molecular weight excluding hydrogens is 277 g/mol. The quantitative estimate of drug-likeness (QED) is 0.744. The first-order valence-corrected chi connectivity index (χ1v) is 6.51. The fourth-order valence-electron chi connectivity index (χ4n) is 2.49. The lowest BCUT2D eigenvalue weighted by atomic mass is 9.76. The van der Waals surface area contributed by atoms with Crippen LogP contribution in [0.25, 0.3) is 0 Å². The third kappa shape index (κ3) is 4.90. The summed E-state index contributed by atoms with van der Waals surface area (Å²) in [6, 6.07) is -0.870. The summed E-state index contributed by atoms with van der Waals surface area (Å²) in [6.45, 7) is 1.32. The lowest BCUT2D eigenvalue weighted by Crippen LogP contribution is -2.59. The van der Waals surface area contributed by atoms with Crippen molar-refractivity contribution in [3.63, 3.8) is 0 Å². The van der Waals surface area contributed by atoms with Crippen molar-refractivity contribution >= 4 is 12.0 Å². The van der Waals surface area contributed by atoms with Gasteiger partial charge >= 0.3 is 18.2 Å². The second-order valence-corrected chi connectivity index (χ2v) is 5.33. The molecule has 2 unspecified atom stereocenters. The van der Waals surface area contributed by atoms with E-state index in [-0.39, 0.29) is 12.3 Å². The third-order valence-electron chi connectivity index (χ3n) is 3.45. The van der Waals surface area contributed by atoms with Crippen LogP contribution in [0.1, 0.15) is 39.0 Å². The molecule has 1 fully saturated rings. The fraction of sp³-hybridized carbons (Fsp3) is 0.833. The molecular formula is C12H19F3N2O3. The van der Waals surface area contributed by atoms with Crippen molar-refractivity contribution in [2.45, 2.75) is 50.7 Å². The highest BCUT2D eigenvalue weighted by Crippen LogP contribution is 2.32. The summed E-state index contributed by atoms with van der Waals surface area (Å²) in [7, 11) is 0. The van der Waals surface area contributed by atoms with E-state index < -0.39 is 36.7 Å². The number of alkyl halides is 3. The Morgan fingerprint density at radius 1 is 1.40 bits per heavy atom. The molecule has 1 rings (SSSR count). The molecule has 0 radical (unpaired) electrons. The van der Waals surface area contributed by atoms with Crippen molar-refractivity contribution in [3.8, 4) is 0 Å². The van der Waals surface area contributed by atoms with Gasteiger partial charge in [-0.3, -0.25) is 0 Å². The van der Waals surface area contributed by atoms with Crippen LogP contribution in [0.15, 0.2) is 0 Å². The standard InChI is InChI=1S/C12H19F3N2O3/c1-8-3-2-4-11(7-8,9(18)19)17-10(20)16-6-5-12(13,14)15/h8H,2-7H2,1H3,(H,18,19)(H2,16,17,20). The number of nitrogens with one attached hydrogen (secondary N) is 2. The van der Waals surface area contributed by atoms with Gasteiger partial charge in [0.05, 0.1) is 6.42 Å². The molecule has 2 atom stereocenters. The zero-order chi connectivity index (χ0) is 15.4. The smallest absolute Gasteiger partial charge is 0.390 e. The van der Waals surface area contributed by atoms with E-state index in [1.807, 2.05) is 12.2 Å². The summed E-state index contributed by atoms with van der Waals surface area (Å²) in [5, 5.41) is 13.7. The van der Waals surface area contributed by atoms with Crippen LogP contribution in [0.5, 0.6) is 0 Å². The van der Waals surface area contributed by atoms with Gasteiger partial charge in [-0.2, -0.15) is 13.2 Å². The minimum absolute atomic E-state index is 0.148. The number of carboxylic acids is 1. The Bertz CT molecular complexity index is 373. The number of halogens is 3. The van der Waals surface area contributed by atoms with E-state index in [1.54, 1.807) is 0 Å². The molecule has 0 saturated heterocycles. The molecule has 0 aliphatic heterocycles. The molecule has 5 nitrogen and oxygen atoms in total. The Balaban J connectivity index is 2.54. The van der Waals surface area contributed by atoms with Crippen molar-refractivity contribution in [1.82, 2.24) is 10.6 Å². The largest absolute Gasteiger partial charge is 0.480 e. The zero-order valence-corrected chi connectivity index (χ0v) is 11.2. The van der Waals surface area contributed by atoms with Gasteiger partial charge in [0.1, 0.15) is 5.54 Å². The maximum atomic E-state index is 12.0. The average molecular weight is 296 g/mol. The van der Waals surface area contributed by atoms with E-state index in [2.05, 4.69) is 5.32 Å². The molecule has 0 bridgehead atoms. The number of carbonyl (C=O) groups is 2. The second kappa shape index (κ2) is 6.32.